The van der Waals surface area contributed by atoms with Crippen LogP contribution in [0.25, 0.3) is 22.3 Å². The Morgan fingerprint density at radius 3 is 2.58 bits per heavy atom. The third-order valence-corrected chi connectivity index (χ3v) is 4.87. The number of anilines is 1. The standard InChI is InChI=1S/C17H20N8O/c1-11(26)24-4-2-12(3-5-24)9-25-16-14(8-23-25)15(21-10-22-16)13-6-19-17(18)20-7-13/h6-8,10,12H,2-5,9H2,1H3,(H2,18,19,20). The predicted octanol–water partition coefficient (Wildman–Crippen LogP) is 1.12. The number of nitrogens with zero attached hydrogens (tertiary/aromatic N) is 7. The van der Waals surface area contributed by atoms with Gasteiger partial charge in [0.1, 0.15) is 6.33 Å². The molecule has 134 valence electrons. The fraction of sp³-hybridized carbons (Fsp3) is 0.412. The van der Waals surface area contributed by atoms with E-state index in [4.69, 9.17) is 5.73 Å². The number of carbonyl (C=O) groups excluding carboxylic acids is 1. The van der Waals surface area contributed by atoms with Gasteiger partial charge < -0.3 is 10.6 Å². The molecular formula is C17H20N8O. The molecule has 0 atom stereocenters. The Kier molecular flexibility index (Phi) is 4.19. The van der Waals surface area contributed by atoms with E-state index in [0.29, 0.717) is 5.92 Å². The van der Waals surface area contributed by atoms with Crippen LogP contribution in [0.2, 0.25) is 0 Å². The molecule has 26 heavy (non-hydrogen) atoms. The van der Waals surface area contributed by atoms with Gasteiger partial charge in [-0.2, -0.15) is 5.10 Å². The van der Waals surface area contributed by atoms with Gasteiger partial charge in [0.15, 0.2) is 5.65 Å². The van der Waals surface area contributed by atoms with Crippen molar-refractivity contribution in [2.75, 3.05) is 18.8 Å². The van der Waals surface area contributed by atoms with Crippen LogP contribution in [0.15, 0.2) is 24.9 Å². The number of fused-ring (bicyclic) bond motifs is 1. The van der Waals surface area contributed by atoms with E-state index >= 15 is 0 Å². The molecule has 0 bridgehead atoms. The van der Waals surface area contributed by atoms with Crippen molar-refractivity contribution in [1.82, 2.24) is 34.6 Å². The fourth-order valence-electron chi connectivity index (χ4n) is 3.39. The van der Waals surface area contributed by atoms with Crippen molar-refractivity contribution in [2.45, 2.75) is 26.3 Å². The molecule has 9 heteroatoms. The third-order valence-electron chi connectivity index (χ3n) is 4.87. The number of hydrogen-bond acceptors (Lipinski definition) is 7. The Hall–Kier alpha value is -3.10. The van der Waals surface area contributed by atoms with Gasteiger partial charge >= 0.3 is 0 Å². The van der Waals surface area contributed by atoms with Gasteiger partial charge in [-0.15, -0.1) is 0 Å². The van der Waals surface area contributed by atoms with Crippen molar-refractivity contribution in [1.29, 1.82) is 0 Å². The van der Waals surface area contributed by atoms with Crippen LogP contribution in [0.3, 0.4) is 0 Å². The molecule has 3 aromatic heterocycles. The Morgan fingerprint density at radius 1 is 1.15 bits per heavy atom. The highest BCUT2D eigenvalue weighted by Crippen LogP contribution is 2.26. The van der Waals surface area contributed by atoms with Gasteiger partial charge in [-0.05, 0) is 18.8 Å². The van der Waals surface area contributed by atoms with E-state index in [2.05, 4.69) is 25.0 Å². The molecule has 1 amide bonds. The molecule has 0 saturated carbocycles. The van der Waals surface area contributed by atoms with E-state index in [1.807, 2.05) is 9.58 Å². The predicted molar refractivity (Wildman–Crippen MR) is 95.7 cm³/mol. The second-order valence-corrected chi connectivity index (χ2v) is 6.57. The van der Waals surface area contributed by atoms with E-state index in [0.717, 1.165) is 54.8 Å². The largest absolute Gasteiger partial charge is 0.368 e. The summed E-state index contributed by atoms with van der Waals surface area (Å²) in [6, 6.07) is 0. The lowest BCUT2D eigenvalue weighted by Crippen LogP contribution is -2.38. The van der Waals surface area contributed by atoms with Crippen molar-refractivity contribution in [3.05, 3.63) is 24.9 Å². The molecule has 9 nitrogen and oxygen atoms in total. The Bertz CT molecular complexity index is 928. The van der Waals surface area contributed by atoms with Crippen LogP contribution in [0.5, 0.6) is 0 Å². The summed E-state index contributed by atoms with van der Waals surface area (Å²) in [5.41, 5.74) is 7.87. The monoisotopic (exact) mass is 352 g/mol. The molecule has 0 aliphatic carbocycles. The van der Waals surface area contributed by atoms with Gasteiger partial charge in [-0.1, -0.05) is 0 Å². The summed E-state index contributed by atoms with van der Waals surface area (Å²) >= 11 is 0. The number of rotatable bonds is 3. The van der Waals surface area contributed by atoms with Crippen LogP contribution in [0, 0.1) is 5.92 Å². The van der Waals surface area contributed by atoms with E-state index < -0.39 is 0 Å². The lowest BCUT2D eigenvalue weighted by atomic mass is 9.97. The summed E-state index contributed by atoms with van der Waals surface area (Å²) < 4.78 is 1.92. The molecule has 3 aromatic rings. The van der Waals surface area contributed by atoms with Gasteiger partial charge in [-0.25, -0.2) is 24.6 Å². The Morgan fingerprint density at radius 2 is 1.88 bits per heavy atom. The summed E-state index contributed by atoms with van der Waals surface area (Å²) in [7, 11) is 0. The fourth-order valence-corrected chi connectivity index (χ4v) is 3.39. The summed E-state index contributed by atoms with van der Waals surface area (Å²) in [4.78, 5) is 30.2. The number of nitrogens with two attached hydrogens (primary N) is 1. The average molecular weight is 352 g/mol. The van der Waals surface area contributed by atoms with Crippen LogP contribution >= 0.6 is 0 Å². The lowest BCUT2D eigenvalue weighted by Gasteiger charge is -2.31. The number of amides is 1. The van der Waals surface area contributed by atoms with Gasteiger partial charge in [-0.3, -0.25) is 4.79 Å². The van der Waals surface area contributed by atoms with Crippen molar-refractivity contribution in [3.63, 3.8) is 0 Å². The first-order valence-electron chi connectivity index (χ1n) is 8.61. The van der Waals surface area contributed by atoms with Crippen LogP contribution in [-0.2, 0) is 11.3 Å². The second-order valence-electron chi connectivity index (χ2n) is 6.57. The van der Waals surface area contributed by atoms with Crippen LogP contribution in [-0.4, -0.2) is 53.6 Å². The molecule has 0 spiro atoms. The van der Waals surface area contributed by atoms with E-state index in [1.165, 1.54) is 6.33 Å². The number of piperidine rings is 1. The van der Waals surface area contributed by atoms with Crippen molar-refractivity contribution >= 4 is 22.9 Å². The van der Waals surface area contributed by atoms with Crippen LogP contribution < -0.4 is 5.73 Å². The first kappa shape index (κ1) is 16.4. The second kappa shape index (κ2) is 6.66. The zero-order valence-corrected chi connectivity index (χ0v) is 14.5. The SMILES string of the molecule is CC(=O)N1CCC(Cn2ncc3c(-c4cnc(N)nc4)ncnc32)CC1. The molecule has 0 unspecified atom stereocenters. The topological polar surface area (TPSA) is 116 Å². The highest BCUT2D eigenvalue weighted by Gasteiger charge is 2.22. The minimum atomic E-state index is 0.149. The zero-order chi connectivity index (χ0) is 18.1. The highest BCUT2D eigenvalue weighted by molar-refractivity contribution is 5.89. The summed E-state index contributed by atoms with van der Waals surface area (Å²) in [6.07, 6.45) is 8.57. The number of hydrogen-bond donors (Lipinski definition) is 1. The molecule has 0 radical (unpaired) electrons. The molecule has 1 saturated heterocycles. The summed E-state index contributed by atoms with van der Waals surface area (Å²) in [5, 5.41) is 5.38. The number of carbonyl (C=O) groups is 1. The molecule has 2 N–H and O–H groups in total. The molecule has 0 aromatic carbocycles. The van der Waals surface area contributed by atoms with Crippen LogP contribution in [0.1, 0.15) is 19.8 Å². The minimum absolute atomic E-state index is 0.149. The summed E-state index contributed by atoms with van der Waals surface area (Å²) in [5.74, 6) is 0.856. The highest BCUT2D eigenvalue weighted by atomic mass is 16.2. The molecule has 1 fully saturated rings. The van der Waals surface area contributed by atoms with Gasteiger partial charge in [0.25, 0.3) is 0 Å². The van der Waals surface area contributed by atoms with Gasteiger partial charge in [0.05, 0.1) is 17.3 Å². The number of nitrogen functional groups attached to an aromatic ring is 1. The minimum Gasteiger partial charge on any atom is -0.368 e. The lowest BCUT2D eigenvalue weighted by molar-refractivity contribution is -0.130. The van der Waals surface area contributed by atoms with E-state index in [-0.39, 0.29) is 11.9 Å². The van der Waals surface area contributed by atoms with E-state index in [1.54, 1.807) is 25.5 Å². The van der Waals surface area contributed by atoms with Crippen molar-refractivity contribution in [2.24, 2.45) is 5.92 Å². The summed E-state index contributed by atoms with van der Waals surface area (Å²) in [6.45, 7) is 4.02. The van der Waals surface area contributed by atoms with Crippen molar-refractivity contribution < 1.29 is 4.79 Å². The quantitative estimate of drug-likeness (QED) is 0.751. The van der Waals surface area contributed by atoms with Crippen LogP contribution in [0.4, 0.5) is 5.95 Å². The Labute approximate surface area is 150 Å². The van der Waals surface area contributed by atoms with E-state index in [9.17, 15) is 4.79 Å². The molecule has 4 rings (SSSR count). The Balaban J connectivity index is 1.57. The zero-order valence-electron chi connectivity index (χ0n) is 14.5. The molecule has 4 heterocycles. The molecule has 1 aliphatic rings. The van der Waals surface area contributed by atoms with Crippen molar-refractivity contribution in [3.8, 4) is 11.3 Å². The number of aromatic nitrogens is 6. The maximum absolute atomic E-state index is 11.5. The van der Waals surface area contributed by atoms with Gasteiger partial charge in [0, 0.05) is 44.5 Å². The maximum Gasteiger partial charge on any atom is 0.219 e. The first-order valence-corrected chi connectivity index (χ1v) is 8.61. The smallest absolute Gasteiger partial charge is 0.219 e. The van der Waals surface area contributed by atoms with Gasteiger partial charge in [0.2, 0.25) is 11.9 Å². The number of likely N-dealkylation sites (tertiary alicyclic amines) is 1. The third kappa shape index (κ3) is 3.07. The maximum atomic E-state index is 11.5. The molecular weight excluding hydrogens is 332 g/mol. The molecule has 1 aliphatic heterocycles. The average Bonchev–Trinajstić information content (AvgIpc) is 3.06. The first-order chi connectivity index (χ1) is 12.6. The normalized spacial score (nSPS) is 15.5.